The Morgan fingerprint density at radius 3 is 2.31 bits per heavy atom. The molecule has 188 valence electrons. The van der Waals surface area contributed by atoms with Crippen molar-refractivity contribution in [2.24, 2.45) is 0 Å². The summed E-state index contributed by atoms with van der Waals surface area (Å²) in [6, 6.07) is 20.1. The fourth-order valence-electron chi connectivity index (χ4n) is 4.44. The van der Waals surface area contributed by atoms with Gasteiger partial charge in [0.15, 0.2) is 0 Å². The Morgan fingerprint density at radius 1 is 1.06 bits per heavy atom. The third-order valence-corrected chi connectivity index (χ3v) is 6.87. The van der Waals surface area contributed by atoms with Crippen LogP contribution in [0, 0.1) is 0 Å². The Kier molecular flexibility index (Phi) is 6.76. The highest BCUT2D eigenvalue weighted by atomic mass is 35.5. The third-order valence-electron chi connectivity index (χ3n) is 6.56. The van der Waals surface area contributed by atoms with Crippen LogP contribution in [0.25, 0.3) is 33.3 Å². The number of aromatic nitrogens is 2. The normalized spacial score (nSPS) is 20.6. The number of hydrogen-bond acceptors (Lipinski definition) is 6. The molecule has 7 nitrogen and oxygen atoms in total. The van der Waals surface area contributed by atoms with Gasteiger partial charge in [-0.3, -0.25) is 0 Å². The summed E-state index contributed by atoms with van der Waals surface area (Å²) in [6.07, 6.45) is -1.40. The molecule has 1 fully saturated rings. The number of nitrogens with one attached hydrogen (secondary N) is 1. The van der Waals surface area contributed by atoms with E-state index in [0.29, 0.717) is 23.0 Å². The molecule has 1 aliphatic rings. The predicted molar refractivity (Wildman–Crippen MR) is 139 cm³/mol. The number of hydrogen-bond donors (Lipinski definition) is 4. The molecule has 36 heavy (non-hydrogen) atoms. The Hall–Kier alpha value is -2.94. The van der Waals surface area contributed by atoms with E-state index in [4.69, 9.17) is 21.1 Å². The zero-order valence-corrected chi connectivity index (χ0v) is 20.9. The molecule has 3 aromatic carbocycles. The summed E-state index contributed by atoms with van der Waals surface area (Å²) in [6.45, 7) is 3.58. The first-order valence-electron chi connectivity index (χ1n) is 11.9. The Bertz CT molecular complexity index is 1350. The maximum Gasteiger partial charge on any atom is 0.294 e. The van der Waals surface area contributed by atoms with E-state index in [1.165, 1.54) is 0 Å². The predicted octanol–water partition coefficient (Wildman–Crippen LogP) is 4.67. The van der Waals surface area contributed by atoms with Crippen LogP contribution >= 0.6 is 11.6 Å². The molecule has 0 aliphatic carbocycles. The first-order valence-corrected chi connectivity index (χ1v) is 12.3. The van der Waals surface area contributed by atoms with E-state index in [2.05, 4.69) is 9.97 Å². The second-order valence-electron chi connectivity index (χ2n) is 9.70. The van der Waals surface area contributed by atoms with Gasteiger partial charge in [-0.15, -0.1) is 0 Å². The molecule has 0 saturated carbocycles. The van der Waals surface area contributed by atoms with E-state index in [-0.39, 0.29) is 19.3 Å². The van der Waals surface area contributed by atoms with E-state index in [1.54, 1.807) is 13.8 Å². The number of aliphatic hydroxyl groups excluding tert-OH is 2. The zero-order valence-electron chi connectivity index (χ0n) is 20.1. The quantitative estimate of drug-likeness (QED) is 0.301. The topological polar surface area (TPSA) is 108 Å². The summed E-state index contributed by atoms with van der Waals surface area (Å²) in [5.74, 6) is 0. The van der Waals surface area contributed by atoms with Crippen LogP contribution in [0.4, 0.5) is 0 Å². The van der Waals surface area contributed by atoms with Crippen molar-refractivity contribution in [1.82, 2.24) is 9.97 Å². The minimum Gasteiger partial charge on any atom is -0.459 e. The van der Waals surface area contributed by atoms with Gasteiger partial charge in [-0.25, -0.2) is 0 Å². The second-order valence-corrected chi connectivity index (χ2v) is 10.1. The van der Waals surface area contributed by atoms with Gasteiger partial charge in [0.25, 0.3) is 6.01 Å². The van der Waals surface area contributed by atoms with Crippen LogP contribution in [0.2, 0.25) is 5.02 Å². The summed E-state index contributed by atoms with van der Waals surface area (Å²) in [4.78, 5) is 7.67. The van der Waals surface area contributed by atoms with E-state index in [9.17, 15) is 15.3 Å². The molecule has 4 N–H and O–H groups in total. The van der Waals surface area contributed by atoms with Crippen LogP contribution in [-0.4, -0.2) is 56.8 Å². The van der Waals surface area contributed by atoms with Gasteiger partial charge in [0.05, 0.1) is 41.0 Å². The summed E-state index contributed by atoms with van der Waals surface area (Å²) < 4.78 is 11.3. The molecule has 1 aromatic heterocycles. The maximum atomic E-state index is 10.2. The maximum absolute atomic E-state index is 10.2. The third kappa shape index (κ3) is 5.12. The number of H-pyrrole nitrogens is 1. The lowest BCUT2D eigenvalue weighted by Crippen LogP contribution is -2.45. The standard InChI is InChI=1S/C28H29ClN2O5/c1-28(2,34)19-9-7-17(8-10-19)16-3-5-18(6-4-16)21-12-23-24(13-22(21)29)31-27(30-23)36-20-11-25(33)26(14-32)35-15-20/h3-10,12-13,20,25-26,32-34H,11,14-15H2,1-2H3,(H,30,31)/t20-,25?,26-/m1/s1. The number of benzene rings is 3. The Balaban J connectivity index is 1.34. The van der Waals surface area contributed by atoms with Gasteiger partial charge in [0, 0.05) is 12.0 Å². The number of ether oxygens (including phenoxy) is 2. The molecular weight excluding hydrogens is 480 g/mol. The minimum absolute atomic E-state index is 0.227. The van der Waals surface area contributed by atoms with Gasteiger partial charge >= 0.3 is 0 Å². The van der Waals surface area contributed by atoms with Gasteiger partial charge in [-0.05, 0) is 48.2 Å². The van der Waals surface area contributed by atoms with Crippen LogP contribution < -0.4 is 4.74 Å². The molecule has 1 unspecified atom stereocenters. The lowest BCUT2D eigenvalue weighted by atomic mass is 9.95. The summed E-state index contributed by atoms with van der Waals surface area (Å²) in [5, 5.41) is 30.1. The fraction of sp³-hybridized carbons (Fsp3) is 0.321. The Morgan fingerprint density at radius 2 is 1.69 bits per heavy atom. The van der Waals surface area contributed by atoms with Gasteiger partial charge in [-0.2, -0.15) is 4.98 Å². The van der Waals surface area contributed by atoms with Crippen LogP contribution in [0.15, 0.2) is 60.7 Å². The van der Waals surface area contributed by atoms with Crippen LogP contribution in [0.1, 0.15) is 25.8 Å². The lowest BCUT2D eigenvalue weighted by Gasteiger charge is -2.31. The van der Waals surface area contributed by atoms with Crippen molar-refractivity contribution in [3.63, 3.8) is 0 Å². The number of halogens is 1. The van der Waals surface area contributed by atoms with Crippen molar-refractivity contribution in [2.45, 2.75) is 44.2 Å². The van der Waals surface area contributed by atoms with Gasteiger partial charge in [0.1, 0.15) is 12.2 Å². The molecule has 2 heterocycles. The number of aromatic amines is 1. The van der Waals surface area contributed by atoms with Crippen molar-refractivity contribution in [2.75, 3.05) is 13.2 Å². The Labute approximate surface area is 214 Å². The second kappa shape index (κ2) is 9.84. The lowest BCUT2D eigenvalue weighted by molar-refractivity contribution is -0.131. The van der Waals surface area contributed by atoms with E-state index >= 15 is 0 Å². The zero-order chi connectivity index (χ0) is 25.4. The number of fused-ring (bicyclic) bond motifs is 1. The molecule has 0 spiro atoms. The molecule has 5 rings (SSSR count). The van der Waals surface area contributed by atoms with Crippen molar-refractivity contribution in [3.8, 4) is 28.3 Å². The monoisotopic (exact) mass is 508 g/mol. The van der Waals surface area contributed by atoms with Crippen molar-refractivity contribution < 1.29 is 24.8 Å². The van der Waals surface area contributed by atoms with E-state index in [1.807, 2.05) is 60.7 Å². The molecule has 1 saturated heterocycles. The molecule has 1 aliphatic heterocycles. The van der Waals surface area contributed by atoms with Gasteiger partial charge < -0.3 is 29.8 Å². The highest BCUT2D eigenvalue weighted by Crippen LogP contribution is 2.34. The van der Waals surface area contributed by atoms with Gasteiger partial charge in [-0.1, -0.05) is 60.1 Å². The number of aliphatic hydroxyl groups is 3. The largest absolute Gasteiger partial charge is 0.459 e. The summed E-state index contributed by atoms with van der Waals surface area (Å²) >= 11 is 6.62. The first kappa shape index (κ1) is 24.7. The molecule has 8 heteroatoms. The molecule has 0 radical (unpaired) electrons. The molecule has 4 aromatic rings. The highest BCUT2D eigenvalue weighted by Gasteiger charge is 2.31. The summed E-state index contributed by atoms with van der Waals surface area (Å²) in [5.41, 5.74) is 5.39. The van der Waals surface area contributed by atoms with E-state index in [0.717, 1.165) is 33.3 Å². The molecule has 0 bridgehead atoms. The molecule has 3 atom stereocenters. The first-order chi connectivity index (χ1) is 17.2. The number of nitrogens with zero attached hydrogens (tertiary/aromatic N) is 1. The average molecular weight is 509 g/mol. The van der Waals surface area contributed by atoms with Crippen molar-refractivity contribution >= 4 is 22.6 Å². The van der Waals surface area contributed by atoms with Crippen molar-refractivity contribution in [1.29, 1.82) is 0 Å². The molecule has 0 amide bonds. The minimum atomic E-state index is -0.872. The smallest absolute Gasteiger partial charge is 0.294 e. The van der Waals surface area contributed by atoms with Crippen LogP contribution in [0.3, 0.4) is 0 Å². The fourth-order valence-corrected chi connectivity index (χ4v) is 4.72. The van der Waals surface area contributed by atoms with Crippen LogP contribution in [-0.2, 0) is 10.3 Å². The van der Waals surface area contributed by atoms with Gasteiger partial charge in [0.2, 0.25) is 0 Å². The summed E-state index contributed by atoms with van der Waals surface area (Å²) in [7, 11) is 0. The average Bonchev–Trinajstić information content (AvgIpc) is 3.24. The highest BCUT2D eigenvalue weighted by molar-refractivity contribution is 6.34. The number of rotatable bonds is 6. The van der Waals surface area contributed by atoms with Crippen molar-refractivity contribution in [3.05, 3.63) is 71.2 Å². The number of imidazole rings is 1. The molecular formula is C28H29ClN2O5. The van der Waals surface area contributed by atoms with E-state index < -0.39 is 17.8 Å². The van der Waals surface area contributed by atoms with Crippen LogP contribution in [0.5, 0.6) is 6.01 Å². The SMILES string of the molecule is CC(C)(O)c1ccc(-c2ccc(-c3cc4nc(O[C@H]5CO[C@H](CO)C(O)C5)[nH]c4cc3Cl)cc2)cc1.